The predicted octanol–water partition coefficient (Wildman–Crippen LogP) is 1.02. The summed E-state index contributed by atoms with van der Waals surface area (Å²) in [5.41, 5.74) is 5.96. The van der Waals surface area contributed by atoms with Gasteiger partial charge >= 0.3 is 0 Å². The van der Waals surface area contributed by atoms with Crippen molar-refractivity contribution in [2.24, 2.45) is 4.36 Å². The molecule has 0 radical (unpaired) electrons. The second-order valence-electron chi connectivity index (χ2n) is 2.71. The molecular weight excluding hydrogens is 174 g/mol. The zero-order valence-electron chi connectivity index (χ0n) is 7.02. The Bertz CT molecular complexity index is 368. The third-order valence-electron chi connectivity index (χ3n) is 1.10. The summed E-state index contributed by atoms with van der Waals surface area (Å²) in [6.45, 7) is 0. The van der Waals surface area contributed by atoms with Crippen LogP contribution in [0.15, 0.2) is 22.7 Å². The Hall–Kier alpha value is -1.10. The van der Waals surface area contributed by atoms with Crippen LogP contribution in [0.1, 0.15) is 0 Å². The minimum atomic E-state index is -2.10. The summed E-state index contributed by atoms with van der Waals surface area (Å²) in [5.74, 6) is 0.438. The monoisotopic (exact) mass is 185 g/mol. The Morgan fingerprint density at radius 2 is 2.17 bits per heavy atom. The van der Waals surface area contributed by atoms with Crippen molar-refractivity contribution in [3.63, 3.8) is 0 Å². The Morgan fingerprint density at radius 1 is 1.50 bits per heavy atom. The average Bonchev–Trinajstić information content (AvgIpc) is 1.91. The fraction of sp³-hybridized carbons (Fsp3) is 0.286. The summed E-state index contributed by atoms with van der Waals surface area (Å²) >= 11 is 0. The molecule has 0 bridgehead atoms. The van der Waals surface area contributed by atoms with Crippen LogP contribution in [0.5, 0.6) is 0 Å². The van der Waals surface area contributed by atoms with E-state index in [1.54, 1.807) is 24.6 Å². The highest BCUT2D eigenvalue weighted by Crippen LogP contribution is 2.12. The largest absolute Gasteiger partial charge is 0.384 e. The zero-order chi connectivity index (χ0) is 9.19. The summed E-state index contributed by atoms with van der Waals surface area (Å²) < 4.78 is 15.2. The molecule has 0 aliphatic carbocycles. The smallest absolute Gasteiger partial charge is 0.123 e. The van der Waals surface area contributed by atoms with Crippen molar-refractivity contribution in [3.8, 4) is 0 Å². The first kappa shape index (κ1) is 8.99. The van der Waals surface area contributed by atoms with E-state index in [-0.39, 0.29) is 0 Å². The first-order valence-electron chi connectivity index (χ1n) is 3.36. The zero-order valence-corrected chi connectivity index (χ0v) is 7.84. The van der Waals surface area contributed by atoms with Gasteiger partial charge in [-0.25, -0.2) is 9.19 Å². The standard InChI is InChI=1S/C7H11N3OS/c1-12(2,11)10-6-3-4-7(8)9-5-6/h3-5H,1-2H3,(H2,8,9). The lowest BCUT2D eigenvalue weighted by atomic mass is 10.4. The number of nitrogen functional groups attached to an aromatic ring is 1. The first-order chi connectivity index (χ1) is 5.47. The molecule has 1 rings (SSSR count). The molecular formula is C7H11N3OS. The lowest BCUT2D eigenvalue weighted by Gasteiger charge is -1.95. The van der Waals surface area contributed by atoms with Gasteiger partial charge in [-0.1, -0.05) is 0 Å². The van der Waals surface area contributed by atoms with E-state index in [4.69, 9.17) is 5.73 Å². The van der Waals surface area contributed by atoms with E-state index in [0.29, 0.717) is 11.5 Å². The predicted molar refractivity (Wildman–Crippen MR) is 50.7 cm³/mol. The van der Waals surface area contributed by atoms with Crippen LogP contribution in [0.25, 0.3) is 0 Å². The van der Waals surface area contributed by atoms with Crippen LogP contribution in [0.2, 0.25) is 0 Å². The molecule has 1 aromatic rings. The number of aromatic nitrogens is 1. The van der Waals surface area contributed by atoms with Gasteiger partial charge in [0.25, 0.3) is 0 Å². The lowest BCUT2D eigenvalue weighted by Crippen LogP contribution is -1.90. The van der Waals surface area contributed by atoms with Gasteiger partial charge in [-0.2, -0.15) is 4.36 Å². The summed E-state index contributed by atoms with van der Waals surface area (Å²) in [6.07, 6.45) is 4.65. The minimum Gasteiger partial charge on any atom is -0.384 e. The van der Waals surface area contributed by atoms with E-state index in [1.807, 2.05) is 0 Å². The van der Waals surface area contributed by atoms with Crippen molar-refractivity contribution in [1.29, 1.82) is 0 Å². The Kier molecular flexibility index (Phi) is 2.32. The van der Waals surface area contributed by atoms with E-state index in [0.717, 1.165) is 0 Å². The molecule has 1 heterocycles. The fourth-order valence-corrected chi connectivity index (χ4v) is 1.32. The van der Waals surface area contributed by atoms with Crippen molar-refractivity contribution >= 4 is 21.2 Å². The third-order valence-corrected chi connectivity index (χ3v) is 1.75. The summed E-state index contributed by atoms with van der Waals surface area (Å²) in [5, 5.41) is 0. The van der Waals surface area contributed by atoms with E-state index in [2.05, 4.69) is 9.35 Å². The van der Waals surface area contributed by atoms with E-state index >= 15 is 0 Å². The molecule has 0 saturated carbocycles. The van der Waals surface area contributed by atoms with Gasteiger partial charge in [-0.05, 0) is 12.1 Å². The number of pyridine rings is 1. The highest BCUT2D eigenvalue weighted by Gasteiger charge is 1.93. The molecule has 0 atom stereocenters. The number of hydrogen-bond donors (Lipinski definition) is 1. The molecule has 0 aliphatic rings. The van der Waals surface area contributed by atoms with Gasteiger partial charge in [-0.15, -0.1) is 0 Å². The van der Waals surface area contributed by atoms with Gasteiger partial charge in [-0.3, -0.25) is 0 Å². The van der Waals surface area contributed by atoms with Gasteiger partial charge in [0.05, 0.1) is 11.9 Å². The van der Waals surface area contributed by atoms with Crippen LogP contribution < -0.4 is 5.73 Å². The first-order valence-corrected chi connectivity index (χ1v) is 5.69. The SMILES string of the molecule is CS(C)(=O)=Nc1ccc(N)nc1. The third kappa shape index (κ3) is 2.87. The molecule has 0 aliphatic heterocycles. The number of hydrogen-bond acceptors (Lipinski definition) is 4. The van der Waals surface area contributed by atoms with Crippen molar-refractivity contribution in [2.45, 2.75) is 0 Å². The molecule has 1 aromatic heterocycles. The van der Waals surface area contributed by atoms with Crippen molar-refractivity contribution in [2.75, 3.05) is 18.2 Å². The lowest BCUT2D eigenvalue weighted by molar-refractivity contribution is 0.684. The number of nitrogens with two attached hydrogens (primary N) is 1. The summed E-state index contributed by atoms with van der Waals surface area (Å²) in [4.78, 5) is 3.82. The van der Waals surface area contributed by atoms with E-state index in [9.17, 15) is 4.21 Å². The maximum absolute atomic E-state index is 11.2. The minimum absolute atomic E-state index is 0.438. The molecule has 0 spiro atoms. The van der Waals surface area contributed by atoms with Crippen LogP contribution in [-0.2, 0) is 9.73 Å². The molecule has 0 aromatic carbocycles. The molecule has 2 N–H and O–H groups in total. The molecule has 5 heteroatoms. The molecule has 0 saturated heterocycles. The highest BCUT2D eigenvalue weighted by molar-refractivity contribution is 7.92. The van der Waals surface area contributed by atoms with Crippen molar-refractivity contribution < 1.29 is 4.21 Å². The van der Waals surface area contributed by atoms with Gasteiger partial charge in [0.2, 0.25) is 0 Å². The molecule has 0 fully saturated rings. The maximum Gasteiger partial charge on any atom is 0.123 e. The van der Waals surface area contributed by atoms with Crippen molar-refractivity contribution in [1.82, 2.24) is 4.98 Å². The highest BCUT2D eigenvalue weighted by atomic mass is 32.2. The molecule has 0 unspecified atom stereocenters. The van der Waals surface area contributed by atoms with Crippen LogP contribution in [0.3, 0.4) is 0 Å². The van der Waals surface area contributed by atoms with Gasteiger partial charge < -0.3 is 5.73 Å². The average molecular weight is 185 g/mol. The topological polar surface area (TPSA) is 68.3 Å². The Morgan fingerprint density at radius 3 is 2.58 bits per heavy atom. The van der Waals surface area contributed by atoms with Gasteiger partial charge in [0.1, 0.15) is 5.82 Å². The molecule has 66 valence electrons. The van der Waals surface area contributed by atoms with E-state index in [1.165, 1.54) is 6.20 Å². The van der Waals surface area contributed by atoms with Crippen molar-refractivity contribution in [3.05, 3.63) is 18.3 Å². The quantitative estimate of drug-likeness (QED) is 0.710. The van der Waals surface area contributed by atoms with Crippen LogP contribution in [-0.4, -0.2) is 21.7 Å². The summed E-state index contributed by atoms with van der Waals surface area (Å²) in [6, 6.07) is 3.32. The van der Waals surface area contributed by atoms with Gasteiger partial charge in [0, 0.05) is 22.2 Å². The second kappa shape index (κ2) is 3.10. The number of rotatable bonds is 1. The number of anilines is 1. The fourth-order valence-electron chi connectivity index (χ4n) is 0.705. The van der Waals surface area contributed by atoms with Gasteiger partial charge in [0.15, 0.2) is 0 Å². The summed E-state index contributed by atoms with van der Waals surface area (Å²) in [7, 11) is -2.10. The van der Waals surface area contributed by atoms with Crippen LogP contribution >= 0.6 is 0 Å². The molecule has 4 nitrogen and oxygen atoms in total. The van der Waals surface area contributed by atoms with E-state index < -0.39 is 9.73 Å². The number of nitrogens with zero attached hydrogens (tertiary/aromatic N) is 2. The Labute approximate surface area is 72.0 Å². The molecule has 0 amide bonds. The molecule has 12 heavy (non-hydrogen) atoms. The van der Waals surface area contributed by atoms with Crippen LogP contribution in [0.4, 0.5) is 11.5 Å². The maximum atomic E-state index is 11.2. The second-order valence-corrected chi connectivity index (χ2v) is 5.26. The Balaban J connectivity index is 3.08. The van der Waals surface area contributed by atoms with Crippen LogP contribution in [0, 0.1) is 0 Å². The normalized spacial score (nSPS) is 11.2.